The fraction of sp³-hybridized carbons (Fsp3) is 0.696. The maximum absolute atomic E-state index is 6.00. The number of nitrogens with one attached hydrogen (secondary N) is 2. The zero-order valence-electron chi connectivity index (χ0n) is 19.4. The first kappa shape index (κ1) is 24.4. The first-order valence-corrected chi connectivity index (χ1v) is 11.0. The van der Waals surface area contributed by atoms with Gasteiger partial charge in [0.05, 0.1) is 13.2 Å². The van der Waals surface area contributed by atoms with Crippen molar-refractivity contribution in [1.82, 2.24) is 15.5 Å². The highest BCUT2D eigenvalue weighted by molar-refractivity contribution is 5.79. The Labute approximate surface area is 182 Å². The predicted octanol–water partition coefficient (Wildman–Crippen LogP) is 2.58. The molecule has 0 saturated carbocycles. The largest absolute Gasteiger partial charge is 0.493 e. The summed E-state index contributed by atoms with van der Waals surface area (Å²) in [7, 11) is 6.01. The Morgan fingerprint density at radius 1 is 1.20 bits per heavy atom. The number of hydrogen-bond donors (Lipinski definition) is 2. The number of rotatable bonds is 11. The molecule has 1 aromatic rings. The molecule has 0 aromatic heterocycles. The van der Waals surface area contributed by atoms with Gasteiger partial charge < -0.3 is 29.7 Å². The van der Waals surface area contributed by atoms with Crippen LogP contribution in [0.2, 0.25) is 0 Å². The SMILES string of the molecule is CCNC(=NCc1ccc(C)cc1OCCCOC)NCC1(N(C)C)CCOCC1. The summed E-state index contributed by atoms with van der Waals surface area (Å²) in [6, 6.07) is 6.30. The van der Waals surface area contributed by atoms with Crippen molar-refractivity contribution < 1.29 is 14.2 Å². The first-order chi connectivity index (χ1) is 14.5. The smallest absolute Gasteiger partial charge is 0.191 e. The highest BCUT2D eigenvalue weighted by Crippen LogP contribution is 2.25. The lowest BCUT2D eigenvalue weighted by Crippen LogP contribution is -2.57. The number of likely N-dealkylation sites (N-methyl/N-ethyl adjacent to an activating group) is 1. The van der Waals surface area contributed by atoms with E-state index in [1.807, 2.05) is 0 Å². The van der Waals surface area contributed by atoms with E-state index in [1.54, 1.807) is 7.11 Å². The zero-order chi connectivity index (χ0) is 21.8. The quantitative estimate of drug-likeness (QED) is 0.326. The van der Waals surface area contributed by atoms with Crippen molar-refractivity contribution in [3.63, 3.8) is 0 Å². The van der Waals surface area contributed by atoms with E-state index in [4.69, 9.17) is 19.2 Å². The lowest BCUT2D eigenvalue weighted by atomic mass is 9.88. The van der Waals surface area contributed by atoms with Crippen LogP contribution >= 0.6 is 0 Å². The lowest BCUT2D eigenvalue weighted by Gasteiger charge is -2.43. The number of ether oxygens (including phenoxy) is 3. The van der Waals surface area contributed by atoms with Gasteiger partial charge in [0, 0.05) is 57.5 Å². The number of aryl methyl sites for hydroxylation is 1. The molecule has 2 N–H and O–H groups in total. The van der Waals surface area contributed by atoms with Gasteiger partial charge in [0.1, 0.15) is 5.75 Å². The minimum absolute atomic E-state index is 0.0912. The van der Waals surface area contributed by atoms with Crippen molar-refractivity contribution in [2.45, 2.75) is 45.2 Å². The Balaban J connectivity index is 2.04. The normalized spacial score (nSPS) is 16.5. The van der Waals surface area contributed by atoms with Gasteiger partial charge >= 0.3 is 0 Å². The van der Waals surface area contributed by atoms with Crippen molar-refractivity contribution >= 4 is 5.96 Å². The van der Waals surface area contributed by atoms with E-state index in [-0.39, 0.29) is 5.54 Å². The molecule has 1 aliphatic rings. The molecule has 0 unspecified atom stereocenters. The maximum atomic E-state index is 6.00. The molecule has 30 heavy (non-hydrogen) atoms. The molecular weight excluding hydrogens is 380 g/mol. The van der Waals surface area contributed by atoms with Gasteiger partial charge in [-0.15, -0.1) is 0 Å². The average molecular weight is 421 g/mol. The number of nitrogens with zero attached hydrogens (tertiary/aromatic N) is 2. The molecule has 0 spiro atoms. The van der Waals surface area contributed by atoms with Gasteiger partial charge in [0.2, 0.25) is 0 Å². The number of methoxy groups -OCH3 is 1. The summed E-state index contributed by atoms with van der Waals surface area (Å²) in [4.78, 5) is 7.15. The van der Waals surface area contributed by atoms with Crippen molar-refractivity contribution in [2.75, 3.05) is 60.7 Å². The molecule has 0 bridgehead atoms. The summed E-state index contributed by atoms with van der Waals surface area (Å²) in [5, 5.41) is 6.93. The fourth-order valence-corrected chi connectivity index (χ4v) is 3.60. The van der Waals surface area contributed by atoms with Gasteiger partial charge in [0.15, 0.2) is 5.96 Å². The first-order valence-electron chi connectivity index (χ1n) is 11.0. The van der Waals surface area contributed by atoms with Gasteiger partial charge in [-0.25, -0.2) is 4.99 Å². The van der Waals surface area contributed by atoms with E-state index in [0.717, 1.165) is 62.8 Å². The van der Waals surface area contributed by atoms with Crippen molar-refractivity contribution in [3.8, 4) is 5.75 Å². The molecule has 170 valence electrons. The average Bonchev–Trinajstić information content (AvgIpc) is 2.74. The molecular formula is C23H40N4O3. The summed E-state index contributed by atoms with van der Waals surface area (Å²) < 4.78 is 16.7. The van der Waals surface area contributed by atoms with Crippen molar-refractivity contribution in [1.29, 1.82) is 0 Å². The van der Waals surface area contributed by atoms with Crippen LogP contribution in [0.4, 0.5) is 0 Å². The predicted molar refractivity (Wildman–Crippen MR) is 122 cm³/mol. The number of hydrogen-bond acceptors (Lipinski definition) is 5. The van der Waals surface area contributed by atoms with Crippen LogP contribution in [0.3, 0.4) is 0 Å². The second-order valence-corrected chi connectivity index (χ2v) is 8.09. The van der Waals surface area contributed by atoms with E-state index in [9.17, 15) is 0 Å². The van der Waals surface area contributed by atoms with Crippen LogP contribution in [-0.4, -0.2) is 77.1 Å². The summed E-state index contributed by atoms with van der Waals surface area (Å²) in [6.07, 6.45) is 2.90. The Morgan fingerprint density at radius 3 is 2.63 bits per heavy atom. The third-order valence-electron chi connectivity index (χ3n) is 5.68. The van der Waals surface area contributed by atoms with Crippen molar-refractivity contribution in [2.24, 2.45) is 4.99 Å². The van der Waals surface area contributed by atoms with E-state index < -0.39 is 0 Å². The summed E-state index contributed by atoms with van der Waals surface area (Å²) in [5.41, 5.74) is 2.36. The van der Waals surface area contributed by atoms with Crippen LogP contribution in [0.1, 0.15) is 37.3 Å². The van der Waals surface area contributed by atoms with Crippen molar-refractivity contribution in [3.05, 3.63) is 29.3 Å². The molecule has 1 heterocycles. The molecule has 7 nitrogen and oxygen atoms in total. The zero-order valence-corrected chi connectivity index (χ0v) is 19.4. The number of guanidine groups is 1. The van der Waals surface area contributed by atoms with Gasteiger partial charge in [-0.1, -0.05) is 12.1 Å². The molecule has 1 aliphatic heterocycles. The van der Waals surface area contributed by atoms with Crippen LogP contribution in [0.15, 0.2) is 23.2 Å². The third kappa shape index (κ3) is 7.45. The maximum Gasteiger partial charge on any atom is 0.191 e. The second kappa shape index (κ2) is 12.8. The van der Waals surface area contributed by atoms with Gasteiger partial charge in [-0.3, -0.25) is 0 Å². The molecule has 0 radical (unpaired) electrons. The molecule has 1 fully saturated rings. The van der Waals surface area contributed by atoms with Crippen LogP contribution in [-0.2, 0) is 16.0 Å². The molecule has 0 atom stereocenters. The number of benzene rings is 1. The fourth-order valence-electron chi connectivity index (χ4n) is 3.60. The van der Waals surface area contributed by atoms with Gasteiger partial charge in [0.25, 0.3) is 0 Å². The molecule has 7 heteroatoms. The molecule has 0 amide bonds. The summed E-state index contributed by atoms with van der Waals surface area (Å²) in [6.45, 7) is 9.33. The standard InChI is InChI=1S/C23H40N4O3/c1-6-24-22(26-18-23(27(3)4)10-14-29-15-11-23)25-17-20-9-8-19(2)16-21(20)30-13-7-12-28-5/h8-9,16H,6-7,10-15,17-18H2,1-5H3,(H2,24,25,26). The summed E-state index contributed by atoms with van der Waals surface area (Å²) >= 11 is 0. The van der Waals surface area contributed by atoms with Gasteiger partial charge in [-0.2, -0.15) is 0 Å². The van der Waals surface area contributed by atoms with Crippen LogP contribution in [0.5, 0.6) is 5.75 Å². The Morgan fingerprint density at radius 2 is 1.97 bits per heavy atom. The molecule has 2 rings (SSSR count). The molecule has 1 saturated heterocycles. The van der Waals surface area contributed by atoms with Crippen LogP contribution < -0.4 is 15.4 Å². The highest BCUT2D eigenvalue weighted by atomic mass is 16.5. The van der Waals surface area contributed by atoms with Crippen LogP contribution in [0, 0.1) is 6.92 Å². The summed E-state index contributed by atoms with van der Waals surface area (Å²) in [5.74, 6) is 1.73. The monoisotopic (exact) mass is 420 g/mol. The van der Waals surface area contributed by atoms with Gasteiger partial charge in [-0.05, 0) is 52.4 Å². The van der Waals surface area contributed by atoms with E-state index in [1.165, 1.54) is 5.56 Å². The Bertz CT molecular complexity index is 658. The second-order valence-electron chi connectivity index (χ2n) is 8.09. The van der Waals surface area contributed by atoms with Crippen LogP contribution in [0.25, 0.3) is 0 Å². The Hall–Kier alpha value is -1.83. The van der Waals surface area contributed by atoms with E-state index in [2.05, 4.69) is 61.7 Å². The molecule has 1 aromatic carbocycles. The minimum atomic E-state index is 0.0912. The third-order valence-corrected chi connectivity index (χ3v) is 5.68. The topological polar surface area (TPSA) is 67.4 Å². The van der Waals surface area contributed by atoms with E-state index in [0.29, 0.717) is 19.8 Å². The Kier molecular flexibility index (Phi) is 10.4. The van der Waals surface area contributed by atoms with E-state index >= 15 is 0 Å². The lowest BCUT2D eigenvalue weighted by molar-refractivity contribution is -0.00501. The minimum Gasteiger partial charge on any atom is -0.493 e. The number of aliphatic imine (C=N–C) groups is 1. The highest BCUT2D eigenvalue weighted by Gasteiger charge is 2.34. The molecule has 0 aliphatic carbocycles.